The molecule has 11 heteroatoms. The molecule has 0 fully saturated rings. The van der Waals surface area contributed by atoms with Gasteiger partial charge >= 0.3 is 11.9 Å². The van der Waals surface area contributed by atoms with E-state index in [4.69, 9.17) is 21.1 Å². The molecule has 1 unspecified atom stereocenters. The smallest absolute Gasteiger partial charge is 0.434 e. The molecule has 0 N–H and O–H groups in total. The van der Waals surface area contributed by atoms with E-state index < -0.39 is 27.7 Å². The number of rotatable bonds is 6. The summed E-state index contributed by atoms with van der Waals surface area (Å²) >= 11 is 5.72. The third kappa shape index (κ3) is 4.18. The van der Waals surface area contributed by atoms with Crippen molar-refractivity contribution in [2.45, 2.75) is 32.5 Å². The molecule has 1 heterocycles. The maximum Gasteiger partial charge on any atom is 0.434 e. The van der Waals surface area contributed by atoms with E-state index in [1.54, 1.807) is 6.92 Å². The van der Waals surface area contributed by atoms with Crippen LogP contribution in [-0.4, -0.2) is 20.8 Å². The van der Waals surface area contributed by atoms with Crippen LogP contribution < -0.4 is 9.47 Å². The molecule has 0 saturated carbocycles. The lowest BCUT2D eigenvalue weighted by molar-refractivity contribution is -0.386. The summed E-state index contributed by atoms with van der Waals surface area (Å²) in [6.45, 7) is 3.56. The van der Waals surface area contributed by atoms with Gasteiger partial charge in [-0.2, -0.15) is 13.2 Å². The molecule has 0 amide bonds. The summed E-state index contributed by atoms with van der Waals surface area (Å²) in [5.41, 5.74) is -1.45. The Kier molecular flexibility index (Phi) is 5.65. The van der Waals surface area contributed by atoms with E-state index >= 15 is 0 Å². The zero-order valence-corrected chi connectivity index (χ0v) is 14.8. The Labute approximate surface area is 151 Å². The van der Waals surface area contributed by atoms with Gasteiger partial charge in [-0.3, -0.25) is 14.8 Å². The van der Waals surface area contributed by atoms with Gasteiger partial charge in [0.15, 0.2) is 5.69 Å². The van der Waals surface area contributed by atoms with Crippen LogP contribution in [0.5, 0.6) is 17.4 Å². The molecule has 0 bridgehead atoms. The molecule has 0 spiro atoms. The molecule has 1 atom stereocenters. The molecule has 1 aromatic heterocycles. The van der Waals surface area contributed by atoms with Gasteiger partial charge in [-0.25, -0.2) is 0 Å². The largest absolute Gasteiger partial charge is 0.484 e. The Morgan fingerprint density at radius 1 is 1.42 bits per heavy atom. The quantitative estimate of drug-likeness (QED) is 0.511. The number of nitrogens with zero attached hydrogens (tertiary/aromatic N) is 3. The van der Waals surface area contributed by atoms with Crippen molar-refractivity contribution in [2.24, 2.45) is 7.05 Å². The Bertz CT molecular complexity index is 823. The van der Waals surface area contributed by atoms with Crippen LogP contribution in [0.4, 0.5) is 18.9 Å². The lowest BCUT2D eigenvalue weighted by atomic mass is 10.2. The fraction of sp³-hybridized carbons (Fsp3) is 0.400. The minimum absolute atomic E-state index is 0.00243. The molecule has 1 aromatic carbocycles. The second kappa shape index (κ2) is 7.40. The van der Waals surface area contributed by atoms with Crippen LogP contribution >= 0.6 is 11.6 Å². The van der Waals surface area contributed by atoms with Crippen molar-refractivity contribution in [3.05, 3.63) is 39.0 Å². The highest BCUT2D eigenvalue weighted by Crippen LogP contribution is 2.41. The molecule has 0 aliphatic heterocycles. The average Bonchev–Trinajstić information content (AvgIpc) is 2.80. The standard InChI is InChI=1S/C15H15ClF3N3O4/c1-4-8(2)25-11-7-9(5-6-10(11)22(23)24)26-14-12(16)13(15(17,18)19)21(3)20-14/h5-8H,4H2,1-3H3. The molecule has 2 rings (SSSR count). The summed E-state index contributed by atoms with van der Waals surface area (Å²) in [5, 5.41) is 14.0. The van der Waals surface area contributed by atoms with Crippen molar-refractivity contribution in [3.8, 4) is 17.4 Å². The first-order valence-electron chi connectivity index (χ1n) is 7.47. The summed E-state index contributed by atoms with van der Waals surface area (Å²) in [6.07, 6.45) is -4.41. The first kappa shape index (κ1) is 19.8. The van der Waals surface area contributed by atoms with Gasteiger partial charge in [0.2, 0.25) is 5.75 Å². The molecule has 0 aliphatic rings. The maximum atomic E-state index is 13.0. The van der Waals surface area contributed by atoms with Crippen molar-refractivity contribution in [2.75, 3.05) is 0 Å². The second-order valence-electron chi connectivity index (χ2n) is 5.41. The van der Waals surface area contributed by atoms with E-state index in [1.807, 2.05) is 6.92 Å². The number of nitro groups is 1. The number of aromatic nitrogens is 2. The lowest BCUT2D eigenvalue weighted by Crippen LogP contribution is -2.12. The van der Waals surface area contributed by atoms with E-state index in [0.29, 0.717) is 11.1 Å². The Hall–Kier alpha value is -2.49. The zero-order chi connectivity index (χ0) is 19.6. The van der Waals surface area contributed by atoms with Gasteiger partial charge in [-0.05, 0) is 19.4 Å². The number of alkyl halides is 3. The lowest BCUT2D eigenvalue weighted by Gasteiger charge is -2.13. The summed E-state index contributed by atoms with van der Waals surface area (Å²) in [6, 6.07) is 3.57. The SMILES string of the molecule is CCC(C)Oc1cc(Oc2nn(C)c(C(F)(F)F)c2Cl)ccc1[N+](=O)[O-]. The molecule has 142 valence electrons. The number of hydrogen-bond donors (Lipinski definition) is 0. The van der Waals surface area contributed by atoms with E-state index in [0.717, 1.165) is 13.1 Å². The third-order valence-electron chi connectivity index (χ3n) is 3.47. The number of hydrogen-bond acceptors (Lipinski definition) is 5. The average molecular weight is 394 g/mol. The van der Waals surface area contributed by atoms with Crippen LogP contribution in [0, 0.1) is 10.1 Å². The highest BCUT2D eigenvalue weighted by molar-refractivity contribution is 6.32. The maximum absolute atomic E-state index is 13.0. The highest BCUT2D eigenvalue weighted by atomic mass is 35.5. The van der Waals surface area contributed by atoms with Gasteiger partial charge in [0.25, 0.3) is 5.88 Å². The Morgan fingerprint density at radius 3 is 2.58 bits per heavy atom. The fourth-order valence-corrected chi connectivity index (χ4v) is 2.37. The highest BCUT2D eigenvalue weighted by Gasteiger charge is 2.39. The number of nitro benzene ring substituents is 1. The zero-order valence-electron chi connectivity index (χ0n) is 14.0. The topological polar surface area (TPSA) is 79.4 Å². The Morgan fingerprint density at radius 2 is 2.08 bits per heavy atom. The van der Waals surface area contributed by atoms with Crippen LogP contribution in [0.2, 0.25) is 5.02 Å². The molecule has 0 saturated heterocycles. The summed E-state index contributed by atoms with van der Waals surface area (Å²) in [7, 11) is 1.08. The molecule has 0 aliphatic carbocycles. The minimum Gasteiger partial charge on any atom is -0.484 e. The predicted octanol–water partition coefficient (Wildman–Crippen LogP) is 4.97. The van der Waals surface area contributed by atoms with Crippen molar-refractivity contribution in [3.63, 3.8) is 0 Å². The van der Waals surface area contributed by atoms with Crippen molar-refractivity contribution >= 4 is 17.3 Å². The van der Waals surface area contributed by atoms with Gasteiger partial charge in [-0.1, -0.05) is 18.5 Å². The minimum atomic E-state index is -4.71. The van der Waals surface area contributed by atoms with Crippen LogP contribution in [0.15, 0.2) is 18.2 Å². The first-order chi connectivity index (χ1) is 12.0. The van der Waals surface area contributed by atoms with Gasteiger partial charge < -0.3 is 9.47 Å². The molecule has 0 radical (unpaired) electrons. The second-order valence-corrected chi connectivity index (χ2v) is 5.79. The van der Waals surface area contributed by atoms with Gasteiger partial charge in [0, 0.05) is 19.2 Å². The number of halogens is 4. The van der Waals surface area contributed by atoms with E-state index in [9.17, 15) is 23.3 Å². The number of benzene rings is 1. The molecule has 2 aromatic rings. The van der Waals surface area contributed by atoms with Gasteiger partial charge in [0.1, 0.15) is 10.8 Å². The summed E-state index contributed by atoms with van der Waals surface area (Å²) < 4.78 is 50.2. The van der Waals surface area contributed by atoms with Crippen LogP contribution in [0.1, 0.15) is 26.0 Å². The van der Waals surface area contributed by atoms with Crippen LogP contribution in [-0.2, 0) is 13.2 Å². The molecule has 7 nitrogen and oxygen atoms in total. The first-order valence-corrected chi connectivity index (χ1v) is 7.85. The van der Waals surface area contributed by atoms with Crippen LogP contribution in [0.25, 0.3) is 0 Å². The van der Waals surface area contributed by atoms with Crippen molar-refractivity contribution in [1.82, 2.24) is 9.78 Å². The van der Waals surface area contributed by atoms with E-state index in [1.165, 1.54) is 12.1 Å². The molecule has 26 heavy (non-hydrogen) atoms. The molecular weight excluding hydrogens is 379 g/mol. The van der Waals surface area contributed by atoms with Crippen LogP contribution in [0.3, 0.4) is 0 Å². The molecular formula is C15H15ClF3N3O4. The number of ether oxygens (including phenoxy) is 2. The van der Waals surface area contributed by atoms with Crippen molar-refractivity contribution in [1.29, 1.82) is 0 Å². The Balaban J connectivity index is 2.39. The third-order valence-corrected chi connectivity index (χ3v) is 3.81. The summed E-state index contributed by atoms with van der Waals surface area (Å²) in [5.74, 6) is -0.530. The summed E-state index contributed by atoms with van der Waals surface area (Å²) in [4.78, 5) is 10.5. The van der Waals surface area contributed by atoms with Gasteiger partial charge in [0.05, 0.1) is 11.0 Å². The number of aryl methyl sites for hydroxylation is 1. The monoisotopic (exact) mass is 393 g/mol. The van der Waals surface area contributed by atoms with Gasteiger partial charge in [-0.15, -0.1) is 5.10 Å². The van der Waals surface area contributed by atoms with E-state index in [-0.39, 0.29) is 23.3 Å². The fourth-order valence-electron chi connectivity index (χ4n) is 2.06. The normalized spacial score (nSPS) is 12.7. The predicted molar refractivity (Wildman–Crippen MR) is 86.8 cm³/mol. The van der Waals surface area contributed by atoms with Crippen molar-refractivity contribution < 1.29 is 27.6 Å². The van der Waals surface area contributed by atoms with E-state index in [2.05, 4.69) is 5.10 Å².